The third-order valence-corrected chi connectivity index (χ3v) is 5.14. The van der Waals surface area contributed by atoms with Gasteiger partial charge in [0.1, 0.15) is 17.3 Å². The molecule has 1 atom stereocenters. The maximum Gasteiger partial charge on any atom is 0.124 e. The molecule has 2 N–H and O–H groups in total. The van der Waals surface area contributed by atoms with E-state index in [9.17, 15) is 9.00 Å². The zero-order valence-electron chi connectivity index (χ0n) is 15.0. The van der Waals surface area contributed by atoms with E-state index in [0.29, 0.717) is 11.3 Å². The molecule has 1 unspecified atom stereocenters. The molecule has 1 aromatic rings. The van der Waals surface area contributed by atoms with Crippen molar-refractivity contribution in [3.05, 3.63) is 23.8 Å². The van der Waals surface area contributed by atoms with Crippen LogP contribution in [0, 0.1) is 0 Å². The fourth-order valence-electron chi connectivity index (χ4n) is 2.96. The first-order chi connectivity index (χ1) is 12.1. The molecule has 2 rings (SSSR count). The predicted molar refractivity (Wildman–Crippen MR) is 101 cm³/mol. The Morgan fingerprint density at radius 1 is 1.28 bits per heavy atom. The summed E-state index contributed by atoms with van der Waals surface area (Å²) in [6, 6.07) is 5.66. The van der Waals surface area contributed by atoms with E-state index in [4.69, 9.17) is 9.88 Å². The lowest BCUT2D eigenvalue weighted by atomic mass is 10.1. The van der Waals surface area contributed by atoms with Gasteiger partial charge in [-0.2, -0.15) is 0 Å². The lowest BCUT2D eigenvalue weighted by Gasteiger charge is -2.31. The number of benzene rings is 1. The Bertz CT molecular complexity index is 577. The largest absolute Gasteiger partial charge is 0.379 e. The van der Waals surface area contributed by atoms with Crippen molar-refractivity contribution in [2.75, 3.05) is 50.8 Å². The minimum Gasteiger partial charge on any atom is -0.379 e. The molecule has 7 heteroatoms. The molecule has 1 heterocycles. The number of carbonyl (C=O) groups excluding carboxylic acids is 1. The highest BCUT2D eigenvalue weighted by Gasteiger charge is 2.14. The standard InChI is InChI=1S/C18H29N3O3S/c1-2-3-5-21(7-6-20-8-11-24-12-9-20)17-13-16(4-10-22)14-18(15-17)25(19)23/h10,13-15H,2-9,11-12,19H2,1H3. The van der Waals surface area contributed by atoms with Crippen molar-refractivity contribution in [3.63, 3.8) is 0 Å². The summed E-state index contributed by atoms with van der Waals surface area (Å²) in [4.78, 5) is 16.2. The SMILES string of the molecule is CCCCN(CCN1CCOCC1)c1cc(CC=O)cc(S(N)=O)c1. The maximum absolute atomic E-state index is 11.8. The van der Waals surface area contributed by atoms with Gasteiger partial charge in [0.15, 0.2) is 0 Å². The smallest absolute Gasteiger partial charge is 0.124 e. The number of nitrogens with zero attached hydrogens (tertiary/aromatic N) is 2. The van der Waals surface area contributed by atoms with Crippen LogP contribution in [0.25, 0.3) is 0 Å². The lowest BCUT2D eigenvalue weighted by Crippen LogP contribution is -2.41. The molecule has 0 aliphatic carbocycles. The van der Waals surface area contributed by atoms with Crippen LogP contribution in [0.5, 0.6) is 0 Å². The van der Waals surface area contributed by atoms with Crippen molar-refractivity contribution in [3.8, 4) is 0 Å². The summed E-state index contributed by atoms with van der Waals surface area (Å²) in [7, 11) is -1.55. The monoisotopic (exact) mass is 367 g/mol. The van der Waals surface area contributed by atoms with E-state index in [2.05, 4.69) is 16.7 Å². The van der Waals surface area contributed by atoms with Gasteiger partial charge in [0.2, 0.25) is 0 Å². The number of anilines is 1. The maximum atomic E-state index is 11.8. The van der Waals surface area contributed by atoms with Crippen LogP contribution < -0.4 is 10.0 Å². The van der Waals surface area contributed by atoms with Gasteiger partial charge in [0, 0.05) is 44.8 Å². The first kappa shape index (κ1) is 20.0. The zero-order chi connectivity index (χ0) is 18.1. The van der Waals surface area contributed by atoms with Crippen LogP contribution in [0.1, 0.15) is 25.3 Å². The van der Waals surface area contributed by atoms with E-state index in [1.54, 1.807) is 6.07 Å². The molecule has 0 bridgehead atoms. The third-order valence-electron chi connectivity index (χ3n) is 4.44. The van der Waals surface area contributed by atoms with Crippen molar-refractivity contribution in [2.24, 2.45) is 5.14 Å². The van der Waals surface area contributed by atoms with Gasteiger partial charge in [-0.1, -0.05) is 13.3 Å². The number of aldehydes is 1. The van der Waals surface area contributed by atoms with Crippen LogP contribution in [0.3, 0.4) is 0 Å². The van der Waals surface area contributed by atoms with E-state index in [1.165, 1.54) is 0 Å². The van der Waals surface area contributed by atoms with Crippen molar-refractivity contribution in [2.45, 2.75) is 31.1 Å². The topological polar surface area (TPSA) is 75.9 Å². The summed E-state index contributed by atoms with van der Waals surface area (Å²) in [6.07, 6.45) is 3.37. The van der Waals surface area contributed by atoms with Gasteiger partial charge >= 0.3 is 0 Å². The van der Waals surface area contributed by atoms with Crippen molar-refractivity contribution in [1.82, 2.24) is 4.90 Å². The molecule has 1 fully saturated rings. The molecule has 25 heavy (non-hydrogen) atoms. The number of carbonyl (C=O) groups is 1. The van der Waals surface area contributed by atoms with E-state index in [-0.39, 0.29) is 0 Å². The van der Waals surface area contributed by atoms with Crippen molar-refractivity contribution >= 4 is 23.0 Å². The quantitative estimate of drug-likeness (QED) is 0.632. The Kier molecular flexibility index (Phi) is 8.54. The number of ether oxygens (including phenoxy) is 1. The molecule has 0 saturated carbocycles. The molecular formula is C18H29N3O3S. The summed E-state index contributed by atoms with van der Waals surface area (Å²) >= 11 is 0. The second-order valence-electron chi connectivity index (χ2n) is 6.30. The van der Waals surface area contributed by atoms with Crippen molar-refractivity contribution in [1.29, 1.82) is 0 Å². The Morgan fingerprint density at radius 2 is 2.04 bits per heavy atom. The predicted octanol–water partition coefficient (Wildman–Crippen LogP) is 1.35. The van der Waals surface area contributed by atoms with Crippen LogP contribution >= 0.6 is 0 Å². The number of morpholine rings is 1. The minimum atomic E-state index is -1.55. The lowest BCUT2D eigenvalue weighted by molar-refractivity contribution is -0.107. The Hall–Kier alpha value is -1.28. The highest BCUT2D eigenvalue weighted by atomic mass is 32.2. The molecule has 1 aromatic carbocycles. The Morgan fingerprint density at radius 3 is 2.68 bits per heavy atom. The van der Waals surface area contributed by atoms with Crippen LogP contribution in [-0.2, 0) is 26.9 Å². The fourth-order valence-corrected chi connectivity index (χ4v) is 3.47. The Balaban J connectivity index is 2.16. The second-order valence-corrected chi connectivity index (χ2v) is 7.36. The first-order valence-electron chi connectivity index (χ1n) is 8.93. The summed E-state index contributed by atoms with van der Waals surface area (Å²) in [6.45, 7) is 8.47. The highest BCUT2D eigenvalue weighted by Crippen LogP contribution is 2.22. The van der Waals surface area contributed by atoms with Crippen LogP contribution in [0.15, 0.2) is 23.1 Å². The normalized spacial score (nSPS) is 16.6. The molecule has 1 saturated heterocycles. The zero-order valence-corrected chi connectivity index (χ0v) is 15.8. The Labute approximate surface area is 152 Å². The number of hydrogen-bond donors (Lipinski definition) is 1. The first-order valence-corrected chi connectivity index (χ1v) is 10.1. The van der Waals surface area contributed by atoms with E-state index >= 15 is 0 Å². The van der Waals surface area contributed by atoms with Gasteiger partial charge in [-0.25, -0.2) is 9.35 Å². The molecule has 0 aromatic heterocycles. The fraction of sp³-hybridized carbons (Fsp3) is 0.611. The average molecular weight is 368 g/mol. The summed E-state index contributed by atoms with van der Waals surface area (Å²) in [5.41, 5.74) is 1.85. The van der Waals surface area contributed by atoms with Gasteiger partial charge in [-0.3, -0.25) is 4.90 Å². The highest BCUT2D eigenvalue weighted by molar-refractivity contribution is 7.82. The van der Waals surface area contributed by atoms with Crippen LogP contribution in [0.2, 0.25) is 0 Å². The number of unbranched alkanes of at least 4 members (excludes halogenated alkanes) is 1. The summed E-state index contributed by atoms with van der Waals surface area (Å²) < 4.78 is 17.2. The van der Waals surface area contributed by atoms with Gasteiger partial charge in [-0.05, 0) is 30.2 Å². The van der Waals surface area contributed by atoms with Gasteiger partial charge in [0.25, 0.3) is 0 Å². The van der Waals surface area contributed by atoms with E-state index in [0.717, 1.165) is 76.3 Å². The molecule has 0 radical (unpaired) electrons. The number of nitrogens with two attached hydrogens (primary N) is 1. The molecule has 6 nitrogen and oxygen atoms in total. The number of rotatable bonds is 10. The summed E-state index contributed by atoms with van der Waals surface area (Å²) in [5, 5.41) is 5.58. The van der Waals surface area contributed by atoms with Crippen LogP contribution in [0.4, 0.5) is 5.69 Å². The number of hydrogen-bond acceptors (Lipinski definition) is 5. The minimum absolute atomic E-state index is 0.309. The van der Waals surface area contributed by atoms with Crippen LogP contribution in [-0.4, -0.2) is 61.3 Å². The molecule has 0 amide bonds. The molecule has 1 aliphatic rings. The third kappa shape index (κ3) is 6.51. The average Bonchev–Trinajstić information content (AvgIpc) is 2.62. The molecule has 140 valence electrons. The van der Waals surface area contributed by atoms with Gasteiger partial charge < -0.3 is 14.4 Å². The van der Waals surface area contributed by atoms with Gasteiger partial charge in [-0.15, -0.1) is 0 Å². The molecule has 0 spiro atoms. The van der Waals surface area contributed by atoms with E-state index in [1.807, 2.05) is 12.1 Å². The summed E-state index contributed by atoms with van der Waals surface area (Å²) in [5.74, 6) is 0. The second kappa shape index (κ2) is 10.7. The molecule has 1 aliphatic heterocycles. The van der Waals surface area contributed by atoms with Gasteiger partial charge in [0.05, 0.1) is 18.1 Å². The van der Waals surface area contributed by atoms with E-state index < -0.39 is 11.0 Å². The van der Waals surface area contributed by atoms with Crippen molar-refractivity contribution < 1.29 is 13.7 Å². The molecular weight excluding hydrogens is 338 g/mol.